The Bertz CT molecular complexity index is 542. The van der Waals surface area contributed by atoms with Crippen molar-refractivity contribution >= 4 is 11.6 Å². The fourth-order valence-corrected chi connectivity index (χ4v) is 1.91. The summed E-state index contributed by atoms with van der Waals surface area (Å²) >= 11 is 0. The van der Waals surface area contributed by atoms with E-state index in [0.29, 0.717) is 12.2 Å². The first-order valence-electron chi connectivity index (χ1n) is 4.52. The van der Waals surface area contributed by atoms with Gasteiger partial charge in [0.05, 0.1) is 17.9 Å². The van der Waals surface area contributed by atoms with E-state index in [-0.39, 0.29) is 5.91 Å². The zero-order valence-electron chi connectivity index (χ0n) is 7.74. The Morgan fingerprint density at radius 3 is 3.21 bits per heavy atom. The molecule has 14 heavy (non-hydrogen) atoms. The lowest BCUT2D eigenvalue weighted by Crippen LogP contribution is -2.31. The molecule has 0 aromatic carbocycles. The van der Waals surface area contributed by atoms with Crippen molar-refractivity contribution in [2.45, 2.75) is 13.5 Å². The number of aromatic nitrogens is 2. The summed E-state index contributed by atoms with van der Waals surface area (Å²) in [6, 6.07) is 5.58. The van der Waals surface area contributed by atoms with Gasteiger partial charge in [0.25, 0.3) is 5.91 Å². The molecule has 4 nitrogen and oxygen atoms in total. The molecule has 70 valence electrons. The Labute approximate surface area is 80.6 Å². The van der Waals surface area contributed by atoms with Crippen molar-refractivity contribution in [1.82, 2.24) is 14.7 Å². The standard InChI is InChI=1S/C10H9N3O/c1-6-8-5-11-10(14)7-3-2-4-9(12-6)13(7)8/h2-4H,5H2,1H3,(H,11,14). The lowest BCUT2D eigenvalue weighted by Gasteiger charge is -2.15. The van der Waals surface area contributed by atoms with Crippen LogP contribution in [0.1, 0.15) is 21.9 Å². The molecule has 0 spiro atoms. The maximum atomic E-state index is 11.5. The van der Waals surface area contributed by atoms with Crippen molar-refractivity contribution in [3.05, 3.63) is 35.3 Å². The monoisotopic (exact) mass is 187 g/mol. The van der Waals surface area contributed by atoms with Crippen molar-refractivity contribution < 1.29 is 4.79 Å². The van der Waals surface area contributed by atoms with Gasteiger partial charge in [0.1, 0.15) is 11.3 Å². The second-order valence-electron chi connectivity index (χ2n) is 3.43. The number of imidazole rings is 1. The summed E-state index contributed by atoms with van der Waals surface area (Å²) in [6.45, 7) is 2.53. The van der Waals surface area contributed by atoms with Crippen molar-refractivity contribution in [2.24, 2.45) is 0 Å². The summed E-state index contributed by atoms with van der Waals surface area (Å²) in [5, 5.41) is 2.83. The molecular formula is C10H9N3O. The first-order valence-corrected chi connectivity index (χ1v) is 4.52. The van der Waals surface area contributed by atoms with Crippen LogP contribution in [0.4, 0.5) is 0 Å². The molecule has 0 saturated heterocycles. The summed E-state index contributed by atoms with van der Waals surface area (Å²) in [5.74, 6) is -0.0273. The van der Waals surface area contributed by atoms with Gasteiger partial charge in [-0.2, -0.15) is 0 Å². The van der Waals surface area contributed by atoms with Gasteiger partial charge in [0, 0.05) is 0 Å². The maximum Gasteiger partial charge on any atom is 0.268 e. The molecule has 3 heterocycles. The summed E-state index contributed by atoms with van der Waals surface area (Å²) in [7, 11) is 0. The highest BCUT2D eigenvalue weighted by Gasteiger charge is 2.20. The van der Waals surface area contributed by atoms with Gasteiger partial charge in [-0.05, 0) is 19.1 Å². The van der Waals surface area contributed by atoms with Crippen LogP contribution in [0.25, 0.3) is 5.65 Å². The lowest BCUT2D eigenvalue weighted by atomic mass is 10.2. The van der Waals surface area contributed by atoms with Gasteiger partial charge in [0.2, 0.25) is 0 Å². The molecule has 1 amide bonds. The first-order chi connectivity index (χ1) is 6.77. The normalized spacial score (nSPS) is 14.5. The number of nitrogens with zero attached hydrogens (tertiary/aromatic N) is 2. The van der Waals surface area contributed by atoms with E-state index in [4.69, 9.17) is 0 Å². The minimum Gasteiger partial charge on any atom is -0.345 e. The molecule has 3 rings (SSSR count). The fourth-order valence-electron chi connectivity index (χ4n) is 1.91. The van der Waals surface area contributed by atoms with E-state index < -0.39 is 0 Å². The molecule has 0 bridgehead atoms. The second-order valence-corrected chi connectivity index (χ2v) is 3.43. The molecule has 0 saturated carbocycles. The molecule has 0 unspecified atom stereocenters. The number of rotatable bonds is 0. The maximum absolute atomic E-state index is 11.5. The molecule has 1 aliphatic rings. The van der Waals surface area contributed by atoms with Gasteiger partial charge in [-0.15, -0.1) is 0 Å². The van der Waals surface area contributed by atoms with E-state index in [0.717, 1.165) is 17.0 Å². The number of pyridine rings is 1. The quantitative estimate of drug-likeness (QED) is 0.665. The highest BCUT2D eigenvalue weighted by atomic mass is 16.2. The van der Waals surface area contributed by atoms with E-state index in [2.05, 4.69) is 10.3 Å². The fraction of sp³-hybridized carbons (Fsp3) is 0.200. The van der Waals surface area contributed by atoms with Crippen LogP contribution < -0.4 is 5.32 Å². The van der Waals surface area contributed by atoms with Crippen molar-refractivity contribution in [3.8, 4) is 0 Å². The van der Waals surface area contributed by atoms with Gasteiger partial charge in [-0.1, -0.05) is 6.07 Å². The summed E-state index contributed by atoms with van der Waals surface area (Å²) in [4.78, 5) is 15.9. The van der Waals surface area contributed by atoms with E-state index in [1.807, 2.05) is 29.5 Å². The van der Waals surface area contributed by atoms with Crippen LogP contribution in [0, 0.1) is 6.92 Å². The minimum atomic E-state index is -0.0273. The smallest absolute Gasteiger partial charge is 0.268 e. The number of carbonyl (C=O) groups excluding carboxylic acids is 1. The molecule has 0 fully saturated rings. The van der Waals surface area contributed by atoms with E-state index in [9.17, 15) is 4.79 Å². The summed E-state index contributed by atoms with van der Waals surface area (Å²) in [6.07, 6.45) is 0. The van der Waals surface area contributed by atoms with Crippen LogP contribution in [-0.2, 0) is 6.54 Å². The highest BCUT2D eigenvalue weighted by molar-refractivity contribution is 5.94. The lowest BCUT2D eigenvalue weighted by molar-refractivity contribution is 0.0935. The van der Waals surface area contributed by atoms with Crippen LogP contribution in [0.15, 0.2) is 18.2 Å². The molecule has 4 heteroatoms. The van der Waals surface area contributed by atoms with E-state index in [1.165, 1.54) is 0 Å². The predicted octanol–water partition coefficient (Wildman–Crippen LogP) is 0.886. The number of carbonyl (C=O) groups is 1. The highest BCUT2D eigenvalue weighted by Crippen LogP contribution is 2.17. The zero-order chi connectivity index (χ0) is 9.71. The largest absolute Gasteiger partial charge is 0.345 e. The second kappa shape index (κ2) is 2.35. The average Bonchev–Trinajstić information content (AvgIpc) is 2.50. The molecular weight excluding hydrogens is 178 g/mol. The van der Waals surface area contributed by atoms with Crippen LogP contribution in [-0.4, -0.2) is 15.3 Å². The summed E-state index contributed by atoms with van der Waals surface area (Å²) < 4.78 is 1.92. The number of aryl methyl sites for hydroxylation is 1. The summed E-state index contributed by atoms with van der Waals surface area (Å²) in [5.41, 5.74) is 3.59. The van der Waals surface area contributed by atoms with E-state index in [1.54, 1.807) is 0 Å². The van der Waals surface area contributed by atoms with Crippen LogP contribution in [0.2, 0.25) is 0 Å². The number of hydrogen-bond acceptors (Lipinski definition) is 2. The Kier molecular flexibility index (Phi) is 1.27. The van der Waals surface area contributed by atoms with Crippen molar-refractivity contribution in [3.63, 3.8) is 0 Å². The molecule has 2 aromatic heterocycles. The van der Waals surface area contributed by atoms with Crippen LogP contribution in [0.3, 0.4) is 0 Å². The predicted molar refractivity (Wildman–Crippen MR) is 51.1 cm³/mol. The topological polar surface area (TPSA) is 46.4 Å². The van der Waals surface area contributed by atoms with E-state index >= 15 is 0 Å². The van der Waals surface area contributed by atoms with Crippen LogP contribution >= 0.6 is 0 Å². The number of hydrogen-bond donors (Lipinski definition) is 1. The Morgan fingerprint density at radius 1 is 1.50 bits per heavy atom. The molecule has 2 aromatic rings. The third kappa shape index (κ3) is 0.775. The van der Waals surface area contributed by atoms with Gasteiger partial charge in [-0.3, -0.25) is 9.20 Å². The first kappa shape index (κ1) is 7.55. The Balaban J connectivity index is 2.53. The van der Waals surface area contributed by atoms with Gasteiger partial charge in [0.15, 0.2) is 0 Å². The molecule has 0 atom stereocenters. The molecule has 0 aliphatic carbocycles. The zero-order valence-corrected chi connectivity index (χ0v) is 7.74. The van der Waals surface area contributed by atoms with Gasteiger partial charge < -0.3 is 5.32 Å². The van der Waals surface area contributed by atoms with Gasteiger partial charge >= 0.3 is 0 Å². The number of nitrogens with one attached hydrogen (secondary N) is 1. The van der Waals surface area contributed by atoms with Crippen molar-refractivity contribution in [2.75, 3.05) is 0 Å². The van der Waals surface area contributed by atoms with Crippen molar-refractivity contribution in [1.29, 1.82) is 0 Å². The Morgan fingerprint density at radius 2 is 2.36 bits per heavy atom. The minimum absolute atomic E-state index is 0.0273. The molecule has 1 aliphatic heterocycles. The third-order valence-corrected chi connectivity index (χ3v) is 2.59. The number of amides is 1. The van der Waals surface area contributed by atoms with Gasteiger partial charge in [-0.25, -0.2) is 4.98 Å². The molecule has 1 N–H and O–H groups in total. The SMILES string of the molecule is Cc1nc2cccc3n2c1CNC3=O. The Hall–Kier alpha value is -1.84. The third-order valence-electron chi connectivity index (χ3n) is 2.59. The van der Waals surface area contributed by atoms with Crippen LogP contribution in [0.5, 0.6) is 0 Å². The average molecular weight is 187 g/mol. The molecule has 0 radical (unpaired) electrons.